The Hall–Kier alpha value is -2.04. The van der Waals surface area contributed by atoms with Crippen LogP contribution in [0.4, 0.5) is 11.4 Å². The molecule has 0 aromatic heterocycles. The third kappa shape index (κ3) is 4.23. The van der Waals surface area contributed by atoms with Crippen molar-refractivity contribution in [2.24, 2.45) is 0 Å². The zero-order valence-corrected chi connectivity index (χ0v) is 13.3. The molecule has 22 heavy (non-hydrogen) atoms. The van der Waals surface area contributed by atoms with Crippen LogP contribution < -0.4 is 10.6 Å². The van der Waals surface area contributed by atoms with Gasteiger partial charge in [0.15, 0.2) is 5.78 Å². The summed E-state index contributed by atoms with van der Waals surface area (Å²) in [5.41, 5.74) is 1.53. The second kappa shape index (κ2) is 7.29. The van der Waals surface area contributed by atoms with E-state index in [9.17, 15) is 9.59 Å². The Labute approximate surface area is 138 Å². The molecule has 2 aromatic rings. The molecule has 0 fully saturated rings. The van der Waals surface area contributed by atoms with Gasteiger partial charge in [-0.25, -0.2) is 0 Å². The van der Waals surface area contributed by atoms with Crippen LogP contribution in [0.2, 0.25) is 10.0 Å². The van der Waals surface area contributed by atoms with Crippen molar-refractivity contribution >= 4 is 46.3 Å². The smallest absolute Gasteiger partial charge is 0.243 e. The van der Waals surface area contributed by atoms with Crippen LogP contribution >= 0.6 is 23.2 Å². The van der Waals surface area contributed by atoms with Gasteiger partial charge in [-0.2, -0.15) is 0 Å². The van der Waals surface area contributed by atoms with Gasteiger partial charge < -0.3 is 10.6 Å². The molecular weight excluding hydrogens is 323 g/mol. The second-order valence-electron chi connectivity index (χ2n) is 4.63. The normalized spacial score (nSPS) is 10.1. The third-order valence-corrected chi connectivity index (χ3v) is 3.51. The molecule has 4 nitrogen and oxygen atoms in total. The number of nitrogens with one attached hydrogen (secondary N) is 2. The number of para-hydroxylation sites is 1. The molecule has 0 unspecified atom stereocenters. The monoisotopic (exact) mass is 336 g/mol. The number of anilines is 2. The quantitative estimate of drug-likeness (QED) is 0.802. The first-order chi connectivity index (χ1) is 10.5. The van der Waals surface area contributed by atoms with Gasteiger partial charge in [0.05, 0.1) is 22.9 Å². The maximum absolute atomic E-state index is 12.0. The van der Waals surface area contributed by atoms with Crippen molar-refractivity contribution in [2.45, 2.75) is 6.92 Å². The number of carbonyl (C=O) groups excluding carboxylic acids is 2. The molecule has 0 atom stereocenters. The molecule has 0 radical (unpaired) electrons. The Morgan fingerprint density at radius 1 is 1.05 bits per heavy atom. The minimum absolute atomic E-state index is 0.00625. The molecule has 0 heterocycles. The van der Waals surface area contributed by atoms with Crippen molar-refractivity contribution in [2.75, 3.05) is 17.2 Å². The summed E-state index contributed by atoms with van der Waals surface area (Å²) in [4.78, 5) is 23.5. The zero-order valence-electron chi connectivity index (χ0n) is 11.8. The molecule has 2 aromatic carbocycles. The summed E-state index contributed by atoms with van der Waals surface area (Å²) in [6, 6.07) is 11.8. The molecule has 2 rings (SSSR count). The van der Waals surface area contributed by atoms with Crippen molar-refractivity contribution in [1.29, 1.82) is 0 Å². The summed E-state index contributed by atoms with van der Waals surface area (Å²) in [6.45, 7) is 1.46. The van der Waals surface area contributed by atoms with Crippen LogP contribution in [0.15, 0.2) is 42.5 Å². The van der Waals surface area contributed by atoms with Gasteiger partial charge in [-0.1, -0.05) is 35.3 Å². The summed E-state index contributed by atoms with van der Waals surface area (Å²) in [5, 5.41) is 6.60. The Morgan fingerprint density at radius 3 is 2.50 bits per heavy atom. The number of Topliss-reactive ketones (excluding diaryl/α,β-unsaturated/α-hetero) is 1. The molecule has 0 aliphatic carbocycles. The van der Waals surface area contributed by atoms with Gasteiger partial charge in [0.1, 0.15) is 0 Å². The first-order valence-corrected chi connectivity index (χ1v) is 7.31. The highest BCUT2D eigenvalue weighted by molar-refractivity contribution is 6.35. The van der Waals surface area contributed by atoms with Crippen molar-refractivity contribution in [1.82, 2.24) is 0 Å². The van der Waals surface area contributed by atoms with E-state index < -0.39 is 0 Å². The fourth-order valence-electron chi connectivity index (χ4n) is 1.90. The van der Waals surface area contributed by atoms with Gasteiger partial charge >= 0.3 is 0 Å². The number of carbonyl (C=O) groups is 2. The average Bonchev–Trinajstić information content (AvgIpc) is 2.48. The first kappa shape index (κ1) is 16.3. The van der Waals surface area contributed by atoms with E-state index in [1.54, 1.807) is 42.5 Å². The van der Waals surface area contributed by atoms with Crippen LogP contribution in [0, 0.1) is 0 Å². The van der Waals surface area contributed by atoms with Crippen LogP contribution in [0.25, 0.3) is 0 Å². The summed E-state index contributed by atoms with van der Waals surface area (Å²) < 4.78 is 0. The number of hydrogen-bond donors (Lipinski definition) is 2. The zero-order chi connectivity index (χ0) is 16.1. The Bertz CT molecular complexity index is 717. The lowest BCUT2D eigenvalue weighted by molar-refractivity contribution is -0.114. The van der Waals surface area contributed by atoms with Gasteiger partial charge in [-0.15, -0.1) is 0 Å². The maximum Gasteiger partial charge on any atom is 0.243 e. The minimum atomic E-state index is -0.287. The van der Waals surface area contributed by atoms with E-state index in [1.807, 2.05) is 0 Å². The highest BCUT2D eigenvalue weighted by Gasteiger charge is 2.10. The predicted octanol–water partition coefficient (Wildman–Crippen LogP) is 4.25. The predicted molar refractivity (Wildman–Crippen MR) is 90.0 cm³/mol. The van der Waals surface area contributed by atoms with E-state index in [0.29, 0.717) is 27.0 Å². The number of amides is 1. The molecule has 0 spiro atoms. The van der Waals surface area contributed by atoms with Crippen LogP contribution in [-0.2, 0) is 4.79 Å². The number of halogens is 2. The molecule has 0 saturated heterocycles. The molecule has 0 bridgehead atoms. The fourth-order valence-corrected chi connectivity index (χ4v) is 2.26. The van der Waals surface area contributed by atoms with Crippen LogP contribution in [0.1, 0.15) is 17.3 Å². The van der Waals surface area contributed by atoms with E-state index in [0.717, 1.165) is 0 Å². The van der Waals surface area contributed by atoms with Gasteiger partial charge in [-0.3, -0.25) is 9.59 Å². The third-order valence-electron chi connectivity index (χ3n) is 2.95. The molecule has 1 amide bonds. The lowest BCUT2D eigenvalue weighted by Gasteiger charge is -2.11. The number of rotatable bonds is 5. The Kier molecular flexibility index (Phi) is 5.41. The van der Waals surface area contributed by atoms with Crippen molar-refractivity contribution in [3.8, 4) is 0 Å². The summed E-state index contributed by atoms with van der Waals surface area (Å²) in [5.74, 6) is -0.397. The van der Waals surface area contributed by atoms with Gasteiger partial charge in [-0.05, 0) is 37.3 Å². The van der Waals surface area contributed by atoms with E-state index >= 15 is 0 Å². The second-order valence-corrected chi connectivity index (χ2v) is 5.47. The van der Waals surface area contributed by atoms with Gasteiger partial charge in [0, 0.05) is 10.6 Å². The highest BCUT2D eigenvalue weighted by atomic mass is 35.5. The average molecular weight is 337 g/mol. The molecule has 2 N–H and O–H groups in total. The lowest BCUT2D eigenvalue weighted by atomic mass is 10.1. The number of benzene rings is 2. The van der Waals surface area contributed by atoms with Crippen LogP contribution in [0.5, 0.6) is 0 Å². The largest absolute Gasteiger partial charge is 0.375 e. The minimum Gasteiger partial charge on any atom is -0.375 e. The first-order valence-electron chi connectivity index (χ1n) is 6.56. The van der Waals surface area contributed by atoms with Crippen molar-refractivity contribution in [3.63, 3.8) is 0 Å². The van der Waals surface area contributed by atoms with E-state index in [-0.39, 0.29) is 18.2 Å². The molecular formula is C16H14Cl2N2O2. The standard InChI is InChI=1S/C16H14Cl2N2O2/c1-10(21)12-4-2-3-5-14(12)20-16(22)9-19-15-8-11(17)6-7-13(15)18/h2-8,19H,9H2,1H3,(H,20,22). The van der Waals surface area contributed by atoms with Crippen LogP contribution in [0.3, 0.4) is 0 Å². The molecule has 0 saturated carbocycles. The molecule has 0 aliphatic heterocycles. The molecule has 114 valence electrons. The van der Waals surface area contributed by atoms with E-state index in [4.69, 9.17) is 23.2 Å². The summed E-state index contributed by atoms with van der Waals surface area (Å²) in [7, 11) is 0. The fraction of sp³-hybridized carbons (Fsp3) is 0.125. The Morgan fingerprint density at radius 2 is 1.77 bits per heavy atom. The van der Waals surface area contributed by atoms with Gasteiger partial charge in [0.25, 0.3) is 0 Å². The van der Waals surface area contributed by atoms with Crippen molar-refractivity contribution in [3.05, 3.63) is 58.1 Å². The summed E-state index contributed by atoms with van der Waals surface area (Å²) in [6.07, 6.45) is 0. The number of hydrogen-bond acceptors (Lipinski definition) is 3. The highest BCUT2D eigenvalue weighted by Crippen LogP contribution is 2.25. The van der Waals surface area contributed by atoms with E-state index in [2.05, 4.69) is 10.6 Å². The maximum atomic E-state index is 12.0. The topological polar surface area (TPSA) is 58.2 Å². The van der Waals surface area contributed by atoms with Crippen molar-refractivity contribution < 1.29 is 9.59 Å². The molecule has 0 aliphatic rings. The summed E-state index contributed by atoms with van der Waals surface area (Å²) >= 11 is 11.9. The SMILES string of the molecule is CC(=O)c1ccccc1NC(=O)CNc1cc(Cl)ccc1Cl. The van der Waals surface area contributed by atoms with Crippen LogP contribution in [-0.4, -0.2) is 18.2 Å². The number of ketones is 1. The molecule has 6 heteroatoms. The lowest BCUT2D eigenvalue weighted by Crippen LogP contribution is -2.22. The van der Waals surface area contributed by atoms with Gasteiger partial charge in [0.2, 0.25) is 5.91 Å². The van der Waals surface area contributed by atoms with E-state index in [1.165, 1.54) is 6.92 Å². The Balaban J connectivity index is 2.02.